The molecule has 1 aliphatic heterocycles. The first-order chi connectivity index (χ1) is 11.7. The molecule has 9 heteroatoms. The maximum atomic E-state index is 12.3. The molecule has 1 amide bonds. The number of nitrogens with one attached hydrogen (secondary N) is 1. The summed E-state index contributed by atoms with van der Waals surface area (Å²) in [5.41, 5.74) is 0.940. The number of fused-ring (bicyclic) bond motifs is 2. The number of amides is 1. The van der Waals surface area contributed by atoms with Gasteiger partial charge in [0.1, 0.15) is 4.70 Å². The van der Waals surface area contributed by atoms with Crippen molar-refractivity contribution in [3.8, 4) is 5.88 Å². The Balaban J connectivity index is 1.41. The number of aryl methyl sites for hydroxylation is 1. The van der Waals surface area contributed by atoms with Gasteiger partial charge in [0.05, 0.1) is 18.5 Å². The molecule has 0 saturated carbocycles. The van der Waals surface area contributed by atoms with Gasteiger partial charge in [-0.3, -0.25) is 14.2 Å². The standard InChI is InChI=1S/C15H15N5O3S/c21-14(11-8-12-20(18-11)4-1-6-23-12)16-3-5-19-9-17-10-2-7-24-13(10)15(19)22/h2,7-9H,1,3-6H2,(H,16,21). The van der Waals surface area contributed by atoms with Crippen LogP contribution in [0.25, 0.3) is 10.2 Å². The van der Waals surface area contributed by atoms with E-state index in [1.54, 1.807) is 10.7 Å². The van der Waals surface area contributed by atoms with E-state index >= 15 is 0 Å². The van der Waals surface area contributed by atoms with E-state index in [2.05, 4.69) is 15.4 Å². The maximum Gasteiger partial charge on any atom is 0.271 e. The molecule has 4 rings (SSSR count). The molecular formula is C15H15N5O3S. The largest absolute Gasteiger partial charge is 0.478 e. The van der Waals surface area contributed by atoms with Crippen molar-refractivity contribution in [1.29, 1.82) is 0 Å². The van der Waals surface area contributed by atoms with E-state index in [4.69, 9.17) is 4.74 Å². The first kappa shape index (κ1) is 14.9. The Morgan fingerprint density at radius 2 is 2.38 bits per heavy atom. The first-order valence-electron chi connectivity index (χ1n) is 7.64. The SMILES string of the molecule is O=C(NCCn1cnc2ccsc2c1=O)c1cc2n(n1)CCCO2. The molecule has 0 aliphatic carbocycles. The Kier molecular flexibility index (Phi) is 3.77. The van der Waals surface area contributed by atoms with Crippen LogP contribution < -0.4 is 15.6 Å². The molecule has 0 bridgehead atoms. The summed E-state index contributed by atoms with van der Waals surface area (Å²) in [7, 11) is 0. The Morgan fingerprint density at radius 3 is 3.25 bits per heavy atom. The van der Waals surface area contributed by atoms with E-state index in [1.807, 2.05) is 11.4 Å². The van der Waals surface area contributed by atoms with E-state index in [0.29, 0.717) is 41.5 Å². The molecule has 0 aromatic carbocycles. The molecule has 24 heavy (non-hydrogen) atoms. The van der Waals surface area contributed by atoms with Crippen molar-refractivity contribution in [3.63, 3.8) is 0 Å². The molecule has 0 unspecified atom stereocenters. The summed E-state index contributed by atoms with van der Waals surface area (Å²) >= 11 is 1.37. The lowest BCUT2D eigenvalue weighted by molar-refractivity contribution is 0.0946. The van der Waals surface area contributed by atoms with Gasteiger partial charge in [-0.1, -0.05) is 0 Å². The zero-order chi connectivity index (χ0) is 16.5. The van der Waals surface area contributed by atoms with Crippen LogP contribution in [0, 0.1) is 0 Å². The highest BCUT2D eigenvalue weighted by atomic mass is 32.1. The summed E-state index contributed by atoms with van der Waals surface area (Å²) in [6.07, 6.45) is 2.39. The molecule has 124 valence electrons. The number of rotatable bonds is 4. The van der Waals surface area contributed by atoms with Crippen molar-refractivity contribution in [2.24, 2.45) is 0 Å². The predicted molar refractivity (Wildman–Crippen MR) is 88.6 cm³/mol. The number of carbonyl (C=O) groups excluding carboxylic acids is 1. The molecule has 3 aromatic rings. The van der Waals surface area contributed by atoms with Gasteiger partial charge in [-0.25, -0.2) is 9.67 Å². The van der Waals surface area contributed by atoms with Gasteiger partial charge in [0.15, 0.2) is 5.69 Å². The fourth-order valence-corrected chi connectivity index (χ4v) is 3.39. The summed E-state index contributed by atoms with van der Waals surface area (Å²) in [5.74, 6) is 0.341. The Bertz CT molecular complexity index is 934. The maximum absolute atomic E-state index is 12.3. The third kappa shape index (κ3) is 2.67. The molecule has 1 N–H and O–H groups in total. The number of nitrogens with zero attached hydrogens (tertiary/aromatic N) is 4. The minimum Gasteiger partial charge on any atom is -0.478 e. The van der Waals surface area contributed by atoms with Gasteiger partial charge in [0.25, 0.3) is 11.5 Å². The minimum atomic E-state index is -0.279. The number of carbonyl (C=O) groups is 1. The summed E-state index contributed by atoms with van der Waals surface area (Å²) in [5, 5.41) is 8.84. The van der Waals surface area contributed by atoms with Gasteiger partial charge in [-0.05, 0) is 11.4 Å². The molecule has 0 spiro atoms. The quantitative estimate of drug-likeness (QED) is 0.757. The molecule has 4 heterocycles. The fraction of sp³-hybridized carbons (Fsp3) is 0.333. The number of hydrogen-bond acceptors (Lipinski definition) is 6. The summed E-state index contributed by atoms with van der Waals surface area (Å²) in [6.45, 7) is 2.08. The summed E-state index contributed by atoms with van der Waals surface area (Å²) < 4.78 is 9.26. The number of aromatic nitrogens is 4. The number of ether oxygens (including phenoxy) is 1. The third-order valence-corrected chi connectivity index (χ3v) is 4.71. The number of thiophene rings is 1. The van der Waals surface area contributed by atoms with Gasteiger partial charge < -0.3 is 10.1 Å². The summed E-state index contributed by atoms with van der Waals surface area (Å²) in [4.78, 5) is 28.7. The van der Waals surface area contributed by atoms with Gasteiger partial charge in [-0.2, -0.15) is 5.10 Å². The highest BCUT2D eigenvalue weighted by Crippen LogP contribution is 2.18. The van der Waals surface area contributed by atoms with Crippen LogP contribution in [0.3, 0.4) is 0 Å². The van der Waals surface area contributed by atoms with Crippen molar-refractivity contribution in [2.75, 3.05) is 13.2 Å². The van der Waals surface area contributed by atoms with Crippen molar-refractivity contribution in [2.45, 2.75) is 19.5 Å². The topological polar surface area (TPSA) is 91.0 Å². The highest BCUT2D eigenvalue weighted by Gasteiger charge is 2.17. The Hall–Kier alpha value is -2.68. The molecular weight excluding hydrogens is 330 g/mol. The van der Waals surface area contributed by atoms with Crippen LogP contribution in [0.1, 0.15) is 16.9 Å². The van der Waals surface area contributed by atoms with E-state index in [0.717, 1.165) is 13.0 Å². The van der Waals surface area contributed by atoms with E-state index in [1.165, 1.54) is 22.2 Å². The van der Waals surface area contributed by atoms with E-state index in [9.17, 15) is 9.59 Å². The fourth-order valence-electron chi connectivity index (χ4n) is 2.60. The lowest BCUT2D eigenvalue weighted by Crippen LogP contribution is -2.31. The average Bonchev–Trinajstić information content (AvgIpc) is 3.23. The lowest BCUT2D eigenvalue weighted by atomic mass is 10.4. The predicted octanol–water partition coefficient (Wildman–Crippen LogP) is 0.867. The highest BCUT2D eigenvalue weighted by molar-refractivity contribution is 7.17. The zero-order valence-electron chi connectivity index (χ0n) is 12.8. The van der Waals surface area contributed by atoms with Crippen molar-refractivity contribution in [3.05, 3.63) is 39.9 Å². The van der Waals surface area contributed by atoms with Crippen LogP contribution in [-0.4, -0.2) is 38.4 Å². The lowest BCUT2D eigenvalue weighted by Gasteiger charge is -2.13. The van der Waals surface area contributed by atoms with Gasteiger partial charge in [0, 0.05) is 32.1 Å². The molecule has 0 atom stereocenters. The molecule has 3 aromatic heterocycles. The smallest absolute Gasteiger partial charge is 0.271 e. The Labute approximate surface area is 140 Å². The first-order valence-corrected chi connectivity index (χ1v) is 8.52. The average molecular weight is 345 g/mol. The van der Waals surface area contributed by atoms with Crippen molar-refractivity contribution < 1.29 is 9.53 Å². The minimum absolute atomic E-state index is 0.0879. The van der Waals surface area contributed by atoms with Crippen LogP contribution in [-0.2, 0) is 13.1 Å². The number of hydrogen-bond donors (Lipinski definition) is 1. The monoisotopic (exact) mass is 345 g/mol. The Morgan fingerprint density at radius 1 is 1.46 bits per heavy atom. The van der Waals surface area contributed by atoms with Gasteiger partial charge >= 0.3 is 0 Å². The molecule has 0 saturated heterocycles. The molecule has 0 radical (unpaired) electrons. The van der Waals surface area contributed by atoms with Crippen LogP contribution >= 0.6 is 11.3 Å². The van der Waals surface area contributed by atoms with Gasteiger partial charge in [0.2, 0.25) is 5.88 Å². The van der Waals surface area contributed by atoms with Crippen LogP contribution in [0.5, 0.6) is 5.88 Å². The van der Waals surface area contributed by atoms with E-state index in [-0.39, 0.29) is 11.5 Å². The molecule has 8 nitrogen and oxygen atoms in total. The second kappa shape index (κ2) is 6.08. The van der Waals surface area contributed by atoms with Crippen molar-refractivity contribution >= 4 is 27.5 Å². The normalized spacial score (nSPS) is 13.5. The zero-order valence-corrected chi connectivity index (χ0v) is 13.6. The van der Waals surface area contributed by atoms with Crippen LogP contribution in [0.2, 0.25) is 0 Å². The molecule has 0 fully saturated rings. The van der Waals surface area contributed by atoms with Crippen molar-refractivity contribution in [1.82, 2.24) is 24.6 Å². The molecule has 1 aliphatic rings. The van der Waals surface area contributed by atoms with Gasteiger partial charge in [-0.15, -0.1) is 11.3 Å². The summed E-state index contributed by atoms with van der Waals surface area (Å²) in [6, 6.07) is 3.45. The van der Waals surface area contributed by atoms with Crippen LogP contribution in [0.4, 0.5) is 0 Å². The third-order valence-electron chi connectivity index (χ3n) is 3.81. The van der Waals surface area contributed by atoms with E-state index < -0.39 is 0 Å². The second-order valence-corrected chi connectivity index (χ2v) is 6.34. The second-order valence-electron chi connectivity index (χ2n) is 5.43. The van der Waals surface area contributed by atoms with Crippen LogP contribution in [0.15, 0.2) is 28.6 Å².